The Bertz CT molecular complexity index is 1390. The lowest BCUT2D eigenvalue weighted by molar-refractivity contribution is -0.120. The van der Waals surface area contributed by atoms with Gasteiger partial charge in [0, 0.05) is 23.9 Å². The van der Waals surface area contributed by atoms with Crippen molar-refractivity contribution >= 4 is 23.1 Å². The van der Waals surface area contributed by atoms with Gasteiger partial charge in [-0.25, -0.2) is 4.79 Å². The molecule has 0 unspecified atom stereocenters. The van der Waals surface area contributed by atoms with Gasteiger partial charge in [0.15, 0.2) is 5.65 Å². The van der Waals surface area contributed by atoms with Crippen LogP contribution in [0.3, 0.4) is 0 Å². The maximum absolute atomic E-state index is 12.3. The Labute approximate surface area is 210 Å². The minimum absolute atomic E-state index is 0.0962. The standard InChI is InChI=1S/C27H29N4O5/c1-16-7-9-21(35-25(33)36-26(4,5)6)17(2)23(16)31-14-19(13-28)20-8-10-22(29-24(20)31)34-15-27(11-12-27)30-18(3)32/h7-10H,11-12,15H2,1-6H3,(H,30,32). The molecule has 0 spiro atoms. The Balaban J connectivity index is 1.71. The average molecular weight is 490 g/mol. The summed E-state index contributed by atoms with van der Waals surface area (Å²) < 4.78 is 18.4. The molecule has 0 saturated heterocycles. The maximum Gasteiger partial charge on any atom is 0.514 e. The number of nitriles is 1. The predicted octanol–water partition coefficient (Wildman–Crippen LogP) is 4.68. The molecular formula is C27H29N4O5. The molecule has 1 saturated carbocycles. The van der Waals surface area contributed by atoms with Gasteiger partial charge in [-0.3, -0.25) is 9.36 Å². The molecule has 1 aliphatic rings. The van der Waals surface area contributed by atoms with Crippen LogP contribution in [0, 0.1) is 31.4 Å². The summed E-state index contributed by atoms with van der Waals surface area (Å²) in [4.78, 5) is 28.4. The molecule has 36 heavy (non-hydrogen) atoms. The maximum atomic E-state index is 12.3. The number of hydrogen-bond donors (Lipinski definition) is 1. The Morgan fingerprint density at radius 1 is 1.22 bits per heavy atom. The molecule has 1 amide bonds. The molecule has 9 nitrogen and oxygen atoms in total. The molecule has 1 radical (unpaired) electrons. The average Bonchev–Trinajstić information content (AvgIpc) is 3.44. The summed E-state index contributed by atoms with van der Waals surface area (Å²) in [5.41, 5.74) is 1.99. The number of fused-ring (bicyclic) bond motifs is 1. The van der Waals surface area contributed by atoms with Crippen LogP contribution in [0.5, 0.6) is 11.6 Å². The molecule has 3 aromatic rings. The second kappa shape index (κ2) is 9.19. The molecular weight excluding hydrogens is 460 g/mol. The van der Waals surface area contributed by atoms with Crippen LogP contribution in [0.15, 0.2) is 24.3 Å². The van der Waals surface area contributed by atoms with E-state index in [2.05, 4.69) is 22.6 Å². The van der Waals surface area contributed by atoms with Gasteiger partial charge in [-0.2, -0.15) is 10.2 Å². The molecule has 0 bridgehead atoms. The number of amides is 1. The number of rotatable bonds is 6. The van der Waals surface area contributed by atoms with Crippen LogP contribution in [-0.2, 0) is 9.53 Å². The third-order valence-electron chi connectivity index (χ3n) is 5.85. The van der Waals surface area contributed by atoms with Gasteiger partial charge in [0.2, 0.25) is 11.8 Å². The number of carbonyl (C=O) groups is 2. The molecule has 1 fully saturated rings. The van der Waals surface area contributed by atoms with Crippen LogP contribution in [0.1, 0.15) is 57.2 Å². The summed E-state index contributed by atoms with van der Waals surface area (Å²) in [6.07, 6.45) is 3.99. The third-order valence-corrected chi connectivity index (χ3v) is 5.85. The smallest absolute Gasteiger partial charge is 0.475 e. The summed E-state index contributed by atoms with van der Waals surface area (Å²) >= 11 is 0. The van der Waals surface area contributed by atoms with Crippen molar-refractivity contribution in [2.24, 2.45) is 0 Å². The second-order valence-corrected chi connectivity index (χ2v) is 10.1. The quantitative estimate of drug-likeness (QED) is 0.395. The first kappa shape index (κ1) is 25.0. The zero-order valence-corrected chi connectivity index (χ0v) is 21.3. The number of aromatic nitrogens is 2. The van der Waals surface area contributed by atoms with E-state index in [1.807, 2.05) is 19.9 Å². The van der Waals surface area contributed by atoms with Crippen molar-refractivity contribution in [2.75, 3.05) is 6.61 Å². The van der Waals surface area contributed by atoms with Gasteiger partial charge in [0.05, 0.1) is 23.0 Å². The molecule has 2 aromatic heterocycles. The van der Waals surface area contributed by atoms with Crippen LogP contribution in [-0.4, -0.2) is 39.4 Å². The fourth-order valence-corrected chi connectivity index (χ4v) is 4.02. The topological polar surface area (TPSA) is 115 Å². The molecule has 1 aliphatic carbocycles. The highest BCUT2D eigenvalue weighted by molar-refractivity contribution is 5.85. The van der Waals surface area contributed by atoms with E-state index in [4.69, 9.17) is 14.2 Å². The minimum Gasteiger partial charge on any atom is -0.475 e. The molecule has 1 N–H and O–H groups in total. The van der Waals surface area contributed by atoms with Gasteiger partial charge in [0.25, 0.3) is 0 Å². The van der Waals surface area contributed by atoms with E-state index in [0.717, 1.165) is 18.4 Å². The Hall–Kier alpha value is -4.06. The highest BCUT2D eigenvalue weighted by atomic mass is 16.7. The monoisotopic (exact) mass is 489 g/mol. The number of carbonyl (C=O) groups excluding carboxylic acids is 2. The van der Waals surface area contributed by atoms with Crippen molar-refractivity contribution < 1.29 is 23.8 Å². The minimum atomic E-state index is -0.804. The van der Waals surface area contributed by atoms with E-state index in [1.54, 1.807) is 43.5 Å². The lowest BCUT2D eigenvalue weighted by Crippen LogP contribution is -2.40. The highest BCUT2D eigenvalue weighted by Gasteiger charge is 2.44. The number of nitrogens with zero attached hydrogens (tertiary/aromatic N) is 3. The fraction of sp³-hybridized carbons (Fsp3) is 0.407. The number of hydrogen-bond acceptors (Lipinski definition) is 7. The van der Waals surface area contributed by atoms with Gasteiger partial charge in [-0.15, -0.1) is 0 Å². The first-order valence-corrected chi connectivity index (χ1v) is 11.7. The Morgan fingerprint density at radius 3 is 2.56 bits per heavy atom. The fourth-order valence-electron chi connectivity index (χ4n) is 4.02. The van der Waals surface area contributed by atoms with Crippen molar-refractivity contribution in [1.29, 1.82) is 5.26 Å². The van der Waals surface area contributed by atoms with Crippen molar-refractivity contribution in [1.82, 2.24) is 14.9 Å². The highest BCUT2D eigenvalue weighted by Crippen LogP contribution is 2.36. The van der Waals surface area contributed by atoms with Crippen LogP contribution < -0.4 is 14.8 Å². The number of aryl methyl sites for hydroxylation is 1. The summed E-state index contributed by atoms with van der Waals surface area (Å²) in [7, 11) is 0. The van der Waals surface area contributed by atoms with Crippen LogP contribution >= 0.6 is 0 Å². The van der Waals surface area contributed by atoms with Crippen LogP contribution in [0.25, 0.3) is 16.7 Å². The molecule has 9 heteroatoms. The van der Waals surface area contributed by atoms with E-state index in [0.29, 0.717) is 46.1 Å². The zero-order chi connectivity index (χ0) is 26.3. The summed E-state index contributed by atoms with van der Waals surface area (Å²) in [5, 5.41) is 13.3. The Morgan fingerprint density at radius 2 is 1.94 bits per heavy atom. The Kier molecular flexibility index (Phi) is 6.39. The van der Waals surface area contributed by atoms with E-state index >= 15 is 0 Å². The van der Waals surface area contributed by atoms with Gasteiger partial charge < -0.3 is 19.5 Å². The van der Waals surface area contributed by atoms with Crippen molar-refractivity contribution in [3.63, 3.8) is 0 Å². The lowest BCUT2D eigenvalue weighted by Gasteiger charge is -2.20. The first-order valence-electron chi connectivity index (χ1n) is 11.7. The van der Waals surface area contributed by atoms with E-state index in [9.17, 15) is 14.9 Å². The largest absolute Gasteiger partial charge is 0.514 e. The SMILES string of the molecule is CC(=O)NC1(COc2ccc3c(C#N)[c]n(-c4c(C)ccc(OC(=O)OC(C)(C)C)c4C)c3n2)CC1. The zero-order valence-electron chi connectivity index (χ0n) is 21.3. The number of nitrogens with one attached hydrogen (secondary N) is 1. The van der Waals surface area contributed by atoms with Crippen molar-refractivity contribution in [3.05, 3.63) is 47.2 Å². The number of ether oxygens (including phenoxy) is 3. The first-order chi connectivity index (χ1) is 16.9. The van der Waals surface area contributed by atoms with Gasteiger partial charge in [-0.05, 0) is 65.2 Å². The number of benzene rings is 1. The molecule has 4 rings (SSSR count). The summed E-state index contributed by atoms with van der Waals surface area (Å²) in [6, 6.07) is 9.16. The van der Waals surface area contributed by atoms with Crippen LogP contribution in [0.4, 0.5) is 4.79 Å². The van der Waals surface area contributed by atoms with Gasteiger partial charge in [-0.1, -0.05) is 6.07 Å². The molecule has 2 heterocycles. The van der Waals surface area contributed by atoms with E-state index in [-0.39, 0.29) is 11.4 Å². The second-order valence-electron chi connectivity index (χ2n) is 10.1. The summed E-state index contributed by atoms with van der Waals surface area (Å²) in [5.74, 6) is 0.603. The predicted molar refractivity (Wildman–Crippen MR) is 132 cm³/mol. The normalized spacial score (nSPS) is 14.1. The summed E-state index contributed by atoms with van der Waals surface area (Å²) in [6.45, 7) is 10.8. The molecule has 0 atom stereocenters. The van der Waals surface area contributed by atoms with Crippen LogP contribution in [0.2, 0.25) is 0 Å². The van der Waals surface area contributed by atoms with Gasteiger partial charge >= 0.3 is 6.16 Å². The number of pyridine rings is 1. The van der Waals surface area contributed by atoms with Gasteiger partial charge in [0.1, 0.15) is 24.0 Å². The molecule has 187 valence electrons. The molecule has 1 aromatic carbocycles. The van der Waals surface area contributed by atoms with E-state index < -0.39 is 11.8 Å². The third kappa shape index (κ3) is 5.28. The molecule has 0 aliphatic heterocycles. The van der Waals surface area contributed by atoms with E-state index in [1.165, 1.54) is 6.92 Å². The lowest BCUT2D eigenvalue weighted by atomic mass is 10.1. The van der Waals surface area contributed by atoms with Crippen molar-refractivity contribution in [3.8, 4) is 23.4 Å². The van der Waals surface area contributed by atoms with Crippen molar-refractivity contribution in [2.45, 2.75) is 65.5 Å².